The smallest absolute Gasteiger partial charge is 0.387 e. The van der Waals surface area contributed by atoms with Crippen molar-refractivity contribution in [1.82, 2.24) is 4.90 Å². The Hall–Kier alpha value is -2.80. The average molecular weight is 412 g/mol. The highest BCUT2D eigenvalue weighted by molar-refractivity contribution is 6.30. The quantitative estimate of drug-likeness (QED) is 0.570. The van der Waals surface area contributed by atoms with Crippen LogP contribution in [0.1, 0.15) is 5.56 Å². The molecular formula is C20H20ClF2NO4. The van der Waals surface area contributed by atoms with Gasteiger partial charge in [0.2, 0.25) is 5.91 Å². The van der Waals surface area contributed by atoms with Crippen molar-refractivity contribution in [3.05, 3.63) is 59.1 Å². The minimum Gasteiger partial charge on any atom is -0.493 e. The van der Waals surface area contributed by atoms with Gasteiger partial charge >= 0.3 is 6.61 Å². The summed E-state index contributed by atoms with van der Waals surface area (Å²) < 4.78 is 40.4. The lowest BCUT2D eigenvalue weighted by Crippen LogP contribution is -2.29. The number of alkyl halides is 2. The topological polar surface area (TPSA) is 48.0 Å². The van der Waals surface area contributed by atoms with Gasteiger partial charge in [-0.25, -0.2) is 0 Å². The van der Waals surface area contributed by atoms with Crippen LogP contribution in [0.25, 0.3) is 6.08 Å². The van der Waals surface area contributed by atoms with E-state index in [1.807, 2.05) is 0 Å². The molecule has 0 bridgehead atoms. The molecule has 0 aromatic heterocycles. The third-order valence-electron chi connectivity index (χ3n) is 3.73. The normalized spacial score (nSPS) is 10.9. The van der Waals surface area contributed by atoms with Crippen LogP contribution in [-0.4, -0.2) is 44.7 Å². The van der Waals surface area contributed by atoms with E-state index >= 15 is 0 Å². The van der Waals surface area contributed by atoms with Crippen molar-refractivity contribution in [2.24, 2.45) is 0 Å². The number of para-hydroxylation sites is 1. The summed E-state index contributed by atoms with van der Waals surface area (Å²) in [4.78, 5) is 13.7. The Labute approximate surface area is 167 Å². The summed E-state index contributed by atoms with van der Waals surface area (Å²) in [5, 5.41) is 0.609. The molecule has 150 valence electrons. The molecule has 8 heteroatoms. The molecule has 0 radical (unpaired) electrons. The number of rotatable bonds is 9. The molecule has 28 heavy (non-hydrogen) atoms. The van der Waals surface area contributed by atoms with Gasteiger partial charge in [-0.05, 0) is 36.4 Å². The van der Waals surface area contributed by atoms with Crippen LogP contribution >= 0.6 is 11.6 Å². The highest BCUT2D eigenvalue weighted by Crippen LogP contribution is 2.33. The second kappa shape index (κ2) is 10.5. The number of likely N-dealkylation sites (N-methyl/N-ethyl adjacent to an activating group) is 1. The predicted octanol–water partition coefficient (Wildman–Crippen LogP) is 4.50. The van der Waals surface area contributed by atoms with Crippen LogP contribution in [0, 0.1) is 0 Å². The molecule has 0 saturated carbocycles. The fourth-order valence-electron chi connectivity index (χ4n) is 2.27. The maximum Gasteiger partial charge on any atom is 0.387 e. The number of amides is 1. The van der Waals surface area contributed by atoms with Gasteiger partial charge < -0.3 is 19.1 Å². The number of benzene rings is 2. The summed E-state index contributed by atoms with van der Waals surface area (Å²) in [6.45, 7) is -2.38. The number of carbonyl (C=O) groups is 1. The van der Waals surface area contributed by atoms with Gasteiger partial charge in [-0.3, -0.25) is 4.79 Å². The lowest BCUT2D eigenvalue weighted by atomic mass is 10.1. The number of nitrogens with zero attached hydrogens (tertiary/aromatic N) is 1. The number of carbonyl (C=O) groups excluding carboxylic acids is 1. The average Bonchev–Trinajstić information content (AvgIpc) is 2.67. The van der Waals surface area contributed by atoms with E-state index in [0.717, 1.165) is 0 Å². The minimum absolute atomic E-state index is 0.127. The lowest BCUT2D eigenvalue weighted by Gasteiger charge is -2.16. The summed E-state index contributed by atoms with van der Waals surface area (Å²) in [6.07, 6.45) is 2.68. The van der Waals surface area contributed by atoms with Gasteiger partial charge in [0, 0.05) is 23.7 Å². The van der Waals surface area contributed by atoms with E-state index in [1.165, 1.54) is 30.2 Å². The zero-order chi connectivity index (χ0) is 20.5. The molecule has 0 spiro atoms. The second-order valence-corrected chi connectivity index (χ2v) is 6.09. The highest BCUT2D eigenvalue weighted by atomic mass is 35.5. The molecule has 2 aromatic rings. The summed E-state index contributed by atoms with van der Waals surface area (Å²) in [5.41, 5.74) is 0.304. The number of hydrogen-bond acceptors (Lipinski definition) is 4. The summed E-state index contributed by atoms with van der Waals surface area (Å²) in [5.74, 6) is 0.355. The van der Waals surface area contributed by atoms with Crippen LogP contribution < -0.4 is 14.2 Å². The zero-order valence-corrected chi connectivity index (χ0v) is 16.2. The van der Waals surface area contributed by atoms with E-state index in [4.69, 9.17) is 21.1 Å². The zero-order valence-electron chi connectivity index (χ0n) is 15.4. The molecule has 1 amide bonds. The molecule has 0 atom stereocenters. The molecule has 2 aromatic carbocycles. The molecule has 0 N–H and O–H groups in total. The molecule has 0 saturated heterocycles. The Morgan fingerprint density at radius 2 is 1.93 bits per heavy atom. The van der Waals surface area contributed by atoms with E-state index in [9.17, 15) is 13.6 Å². The van der Waals surface area contributed by atoms with E-state index < -0.39 is 6.61 Å². The standard InChI is InChI=1S/C20H20ClF2NO4/c1-24(12-13-27-16-9-7-15(21)8-10-16)18(25)11-6-14-4-3-5-17(26-2)19(14)28-20(22)23/h3-11,20H,12-13H2,1-2H3/b11-6+. The van der Waals surface area contributed by atoms with Crippen molar-refractivity contribution in [3.63, 3.8) is 0 Å². The van der Waals surface area contributed by atoms with Crippen LogP contribution in [0.15, 0.2) is 48.5 Å². The van der Waals surface area contributed by atoms with Crippen molar-refractivity contribution in [2.45, 2.75) is 6.61 Å². The van der Waals surface area contributed by atoms with Crippen molar-refractivity contribution in [3.8, 4) is 17.2 Å². The highest BCUT2D eigenvalue weighted by Gasteiger charge is 2.14. The van der Waals surface area contributed by atoms with E-state index in [1.54, 1.807) is 43.4 Å². The number of methoxy groups -OCH3 is 1. The number of halogens is 3. The largest absolute Gasteiger partial charge is 0.493 e. The first kappa shape index (κ1) is 21.5. The van der Waals surface area contributed by atoms with Crippen molar-refractivity contribution >= 4 is 23.6 Å². The molecule has 0 aliphatic carbocycles. The predicted molar refractivity (Wildman–Crippen MR) is 103 cm³/mol. The Balaban J connectivity index is 1.95. The molecule has 2 rings (SSSR count). The fraction of sp³-hybridized carbons (Fsp3) is 0.250. The van der Waals surface area contributed by atoms with Crippen molar-refractivity contribution < 1.29 is 27.8 Å². The maximum atomic E-state index is 12.6. The van der Waals surface area contributed by atoms with Gasteiger partial charge in [-0.15, -0.1) is 0 Å². The van der Waals surface area contributed by atoms with E-state index in [0.29, 0.717) is 22.9 Å². The van der Waals surface area contributed by atoms with E-state index in [-0.39, 0.29) is 24.0 Å². The Morgan fingerprint density at radius 3 is 2.57 bits per heavy atom. The molecule has 0 unspecified atom stereocenters. The third-order valence-corrected chi connectivity index (χ3v) is 3.98. The lowest BCUT2D eigenvalue weighted by molar-refractivity contribution is -0.125. The number of ether oxygens (including phenoxy) is 3. The van der Waals surface area contributed by atoms with Crippen LogP contribution in [0.3, 0.4) is 0 Å². The molecule has 0 aliphatic rings. The summed E-state index contributed by atoms with van der Waals surface area (Å²) >= 11 is 5.81. The van der Waals surface area contributed by atoms with Gasteiger partial charge in [0.15, 0.2) is 11.5 Å². The molecule has 5 nitrogen and oxygen atoms in total. The van der Waals surface area contributed by atoms with Crippen LogP contribution in [-0.2, 0) is 4.79 Å². The molecular weight excluding hydrogens is 392 g/mol. The van der Waals surface area contributed by atoms with Crippen molar-refractivity contribution in [1.29, 1.82) is 0 Å². The third kappa shape index (κ3) is 6.42. The van der Waals surface area contributed by atoms with Crippen LogP contribution in [0.4, 0.5) is 8.78 Å². The minimum atomic E-state index is -3.01. The van der Waals surface area contributed by atoms with Gasteiger partial charge in [0.05, 0.1) is 13.7 Å². The molecule has 0 heterocycles. The summed E-state index contributed by atoms with van der Waals surface area (Å²) in [7, 11) is 2.96. The Kier molecular flexibility index (Phi) is 8.07. The maximum absolute atomic E-state index is 12.6. The molecule has 0 aliphatic heterocycles. The second-order valence-electron chi connectivity index (χ2n) is 5.65. The van der Waals surface area contributed by atoms with Crippen LogP contribution in [0.2, 0.25) is 5.02 Å². The first-order valence-corrected chi connectivity index (χ1v) is 8.72. The van der Waals surface area contributed by atoms with Gasteiger partial charge in [0.1, 0.15) is 12.4 Å². The van der Waals surface area contributed by atoms with Gasteiger partial charge in [-0.2, -0.15) is 8.78 Å². The van der Waals surface area contributed by atoms with Gasteiger partial charge in [0.25, 0.3) is 0 Å². The Bertz CT molecular complexity index is 812. The fourth-order valence-corrected chi connectivity index (χ4v) is 2.40. The molecule has 0 fully saturated rings. The first-order valence-electron chi connectivity index (χ1n) is 8.34. The number of hydrogen-bond donors (Lipinski definition) is 0. The SMILES string of the molecule is COc1cccc(/C=C/C(=O)N(C)CCOc2ccc(Cl)cc2)c1OC(F)F. The van der Waals surface area contributed by atoms with Crippen LogP contribution in [0.5, 0.6) is 17.2 Å². The van der Waals surface area contributed by atoms with Crippen molar-refractivity contribution in [2.75, 3.05) is 27.3 Å². The monoisotopic (exact) mass is 411 g/mol. The van der Waals surface area contributed by atoms with Gasteiger partial charge in [-0.1, -0.05) is 23.7 Å². The first-order chi connectivity index (χ1) is 13.4. The Morgan fingerprint density at radius 1 is 1.21 bits per heavy atom. The van der Waals surface area contributed by atoms with E-state index in [2.05, 4.69) is 4.74 Å². The summed E-state index contributed by atoms with van der Waals surface area (Å²) in [6, 6.07) is 11.5.